The summed E-state index contributed by atoms with van der Waals surface area (Å²) in [7, 11) is -4.26. The molecule has 0 saturated carbocycles. The number of nitrogens with one attached hydrogen (secondary N) is 1. The Morgan fingerprint density at radius 3 is 2.10 bits per heavy atom. The van der Waals surface area contributed by atoms with Crippen molar-refractivity contribution in [1.29, 1.82) is 0 Å². The Labute approximate surface area is 303 Å². The summed E-state index contributed by atoms with van der Waals surface area (Å²) < 4.78 is 35.3. The van der Waals surface area contributed by atoms with E-state index in [4.69, 9.17) is 27.9 Å². The van der Waals surface area contributed by atoms with E-state index in [2.05, 4.69) is 5.32 Å². The number of carbonyl (C=O) groups is 2. The zero-order valence-corrected chi connectivity index (χ0v) is 31.3. The van der Waals surface area contributed by atoms with Crippen LogP contribution in [0.2, 0.25) is 10.0 Å². The monoisotopic (exact) mass is 741 g/mol. The van der Waals surface area contributed by atoms with E-state index >= 15 is 0 Å². The molecular formula is C37H41Cl2N3O5S2. The Kier molecular flexibility index (Phi) is 13.1. The van der Waals surface area contributed by atoms with Crippen LogP contribution in [0.25, 0.3) is 0 Å². The minimum absolute atomic E-state index is 0.0225. The van der Waals surface area contributed by atoms with Crippen molar-refractivity contribution >= 4 is 62.5 Å². The number of hydrogen-bond donors (Lipinski definition) is 1. The van der Waals surface area contributed by atoms with Crippen LogP contribution in [0.4, 0.5) is 5.69 Å². The van der Waals surface area contributed by atoms with Gasteiger partial charge in [-0.25, -0.2) is 8.42 Å². The van der Waals surface area contributed by atoms with Gasteiger partial charge in [-0.15, -0.1) is 11.8 Å². The summed E-state index contributed by atoms with van der Waals surface area (Å²) in [4.78, 5) is 31.1. The number of carbonyl (C=O) groups excluding carboxylic acids is 2. The highest BCUT2D eigenvalue weighted by Gasteiger charge is 2.35. The molecule has 1 atom stereocenters. The molecule has 0 radical (unpaired) electrons. The van der Waals surface area contributed by atoms with Gasteiger partial charge in [-0.05, 0) is 106 Å². The number of hydrogen-bond acceptors (Lipinski definition) is 6. The molecule has 49 heavy (non-hydrogen) atoms. The smallest absolute Gasteiger partial charge is 0.264 e. The highest BCUT2D eigenvalue weighted by molar-refractivity contribution is 7.98. The number of sulfonamides is 1. The summed E-state index contributed by atoms with van der Waals surface area (Å²) in [5.74, 6) is -0.413. The fraction of sp³-hybridized carbons (Fsp3) is 0.297. The molecule has 0 aliphatic carbocycles. The molecule has 0 spiro atoms. The first kappa shape index (κ1) is 38.1. The second-order valence-electron chi connectivity index (χ2n) is 12.3. The zero-order chi connectivity index (χ0) is 35.8. The van der Waals surface area contributed by atoms with Crippen LogP contribution in [-0.2, 0) is 32.6 Å². The van der Waals surface area contributed by atoms with Crippen LogP contribution >= 0.6 is 35.0 Å². The molecule has 0 aliphatic rings. The van der Waals surface area contributed by atoms with E-state index in [-0.39, 0.29) is 34.5 Å². The summed E-state index contributed by atoms with van der Waals surface area (Å²) >= 11 is 14.1. The van der Waals surface area contributed by atoms with E-state index in [0.29, 0.717) is 22.9 Å². The molecule has 0 heterocycles. The molecule has 2 amide bonds. The highest BCUT2D eigenvalue weighted by atomic mass is 35.5. The largest absolute Gasteiger partial charge is 0.494 e. The normalized spacial score (nSPS) is 12.2. The lowest BCUT2D eigenvalue weighted by atomic mass is 10.0. The third-order valence-corrected chi connectivity index (χ3v) is 10.7. The van der Waals surface area contributed by atoms with Gasteiger partial charge in [0.2, 0.25) is 11.8 Å². The molecule has 12 heteroatoms. The zero-order valence-electron chi connectivity index (χ0n) is 28.2. The van der Waals surface area contributed by atoms with Crippen LogP contribution in [-0.4, -0.2) is 56.1 Å². The predicted octanol–water partition coefficient (Wildman–Crippen LogP) is 7.86. The van der Waals surface area contributed by atoms with Gasteiger partial charge in [0.05, 0.1) is 27.2 Å². The number of rotatable bonds is 14. The van der Waals surface area contributed by atoms with Crippen LogP contribution in [0.5, 0.6) is 5.75 Å². The lowest BCUT2D eigenvalue weighted by molar-refractivity contribution is -0.140. The van der Waals surface area contributed by atoms with E-state index < -0.39 is 34.1 Å². The van der Waals surface area contributed by atoms with Crippen molar-refractivity contribution in [3.8, 4) is 5.75 Å². The van der Waals surface area contributed by atoms with Crippen LogP contribution in [0.1, 0.15) is 38.8 Å². The van der Waals surface area contributed by atoms with Gasteiger partial charge in [0.15, 0.2) is 0 Å². The van der Waals surface area contributed by atoms with Gasteiger partial charge < -0.3 is 15.0 Å². The maximum absolute atomic E-state index is 14.7. The van der Waals surface area contributed by atoms with Crippen LogP contribution in [0.3, 0.4) is 0 Å². The van der Waals surface area contributed by atoms with Crippen molar-refractivity contribution < 1.29 is 22.7 Å². The van der Waals surface area contributed by atoms with Crippen molar-refractivity contribution in [2.24, 2.45) is 0 Å². The fourth-order valence-corrected chi connectivity index (χ4v) is 7.26. The minimum atomic E-state index is -4.26. The lowest BCUT2D eigenvalue weighted by Gasteiger charge is -2.35. The molecule has 0 fully saturated rings. The Hall–Kier alpha value is -3.70. The van der Waals surface area contributed by atoms with Crippen LogP contribution in [0, 0.1) is 0 Å². The quantitative estimate of drug-likeness (QED) is 0.132. The van der Waals surface area contributed by atoms with E-state index in [0.717, 1.165) is 14.8 Å². The second kappa shape index (κ2) is 16.8. The maximum Gasteiger partial charge on any atom is 0.264 e. The minimum Gasteiger partial charge on any atom is -0.494 e. The number of halogens is 2. The standard InChI is InChI=1S/C37H41Cl2N3O5S2/c1-6-47-29-15-13-28(14-16-29)42(49(45,46)31-19-17-30(48-5)18-20-31)25-35(43)41(24-27-12-21-32(38)33(39)22-27)34(36(44)40-37(2,3)4)23-26-10-8-7-9-11-26/h7-22,34H,6,23-25H2,1-5H3,(H,40,44)/t34-/m0/s1. The Morgan fingerprint density at radius 1 is 0.878 bits per heavy atom. The van der Waals surface area contributed by atoms with Crippen LogP contribution < -0.4 is 14.4 Å². The van der Waals surface area contributed by atoms with E-state index in [1.165, 1.54) is 28.8 Å². The van der Waals surface area contributed by atoms with Gasteiger partial charge >= 0.3 is 0 Å². The topological polar surface area (TPSA) is 96.0 Å². The average molecular weight is 743 g/mol. The molecule has 0 aromatic heterocycles. The number of benzene rings is 4. The molecule has 4 rings (SSSR count). The number of amides is 2. The summed E-state index contributed by atoms with van der Waals surface area (Å²) in [6, 6.07) is 26.4. The van der Waals surface area contributed by atoms with Crippen molar-refractivity contribution in [3.63, 3.8) is 0 Å². The predicted molar refractivity (Wildman–Crippen MR) is 199 cm³/mol. The van der Waals surface area contributed by atoms with Gasteiger partial charge in [-0.2, -0.15) is 0 Å². The Morgan fingerprint density at radius 2 is 1.53 bits per heavy atom. The van der Waals surface area contributed by atoms with Crippen molar-refractivity contribution in [2.75, 3.05) is 23.7 Å². The molecule has 4 aromatic rings. The summed E-state index contributed by atoms with van der Waals surface area (Å²) in [5.41, 5.74) is 1.10. The molecular weight excluding hydrogens is 701 g/mol. The second-order valence-corrected chi connectivity index (χ2v) is 15.9. The third-order valence-electron chi connectivity index (χ3n) is 7.47. The number of ether oxygens (including phenoxy) is 1. The van der Waals surface area contributed by atoms with Gasteiger partial charge in [-0.1, -0.05) is 59.6 Å². The van der Waals surface area contributed by atoms with Gasteiger partial charge in [0.1, 0.15) is 18.3 Å². The summed E-state index contributed by atoms with van der Waals surface area (Å²) in [6.07, 6.45) is 2.08. The van der Waals surface area contributed by atoms with Crippen molar-refractivity contribution in [3.05, 3.63) is 118 Å². The number of nitrogens with zero attached hydrogens (tertiary/aromatic N) is 2. The van der Waals surface area contributed by atoms with E-state index in [9.17, 15) is 18.0 Å². The molecule has 0 aliphatic heterocycles. The molecule has 0 bridgehead atoms. The Balaban J connectivity index is 1.83. The van der Waals surface area contributed by atoms with Crippen molar-refractivity contribution in [1.82, 2.24) is 10.2 Å². The van der Waals surface area contributed by atoms with Crippen molar-refractivity contribution in [2.45, 2.75) is 62.0 Å². The summed E-state index contributed by atoms with van der Waals surface area (Å²) in [5, 5.41) is 3.66. The van der Waals surface area contributed by atoms with Gasteiger partial charge in [0, 0.05) is 23.4 Å². The van der Waals surface area contributed by atoms with Gasteiger partial charge in [-0.3, -0.25) is 13.9 Å². The molecule has 260 valence electrons. The highest BCUT2D eigenvalue weighted by Crippen LogP contribution is 2.29. The number of anilines is 1. The lowest BCUT2D eigenvalue weighted by Crippen LogP contribution is -2.56. The molecule has 8 nitrogen and oxygen atoms in total. The first-order valence-corrected chi connectivity index (χ1v) is 19.1. The summed E-state index contributed by atoms with van der Waals surface area (Å²) in [6.45, 7) is 7.24. The SMILES string of the molecule is CCOc1ccc(N(CC(=O)N(Cc2ccc(Cl)c(Cl)c2)[C@@H](Cc2ccccc2)C(=O)NC(C)(C)C)S(=O)(=O)c2ccc(SC)cc2)cc1. The molecule has 1 N–H and O–H groups in total. The van der Waals surface area contributed by atoms with Gasteiger partial charge in [0.25, 0.3) is 10.0 Å². The first-order valence-electron chi connectivity index (χ1n) is 15.7. The molecule has 4 aromatic carbocycles. The molecule has 0 saturated heterocycles. The average Bonchev–Trinajstić information content (AvgIpc) is 3.07. The van der Waals surface area contributed by atoms with E-state index in [1.807, 2.05) is 64.3 Å². The van der Waals surface area contributed by atoms with Crippen LogP contribution in [0.15, 0.2) is 107 Å². The first-order chi connectivity index (χ1) is 23.2. The van der Waals surface area contributed by atoms with E-state index in [1.54, 1.807) is 54.6 Å². The fourth-order valence-electron chi connectivity index (χ4n) is 5.12. The maximum atomic E-state index is 14.7. The Bertz CT molecular complexity index is 1830. The third kappa shape index (κ3) is 10.4. The molecule has 0 unspecified atom stereocenters. The number of thioether (sulfide) groups is 1.